The molecule has 1 aromatic heterocycles. The van der Waals surface area contributed by atoms with E-state index in [-0.39, 0.29) is 12.0 Å². The first-order valence-electron chi connectivity index (χ1n) is 10.5. The molecule has 0 radical (unpaired) electrons. The minimum atomic E-state index is -4.44. The number of hydrogen-bond acceptors (Lipinski definition) is 2. The topological polar surface area (TPSA) is 54.7 Å². The third-order valence-electron chi connectivity index (χ3n) is 6.39. The highest BCUT2D eigenvalue weighted by molar-refractivity contribution is 5.84. The van der Waals surface area contributed by atoms with E-state index in [1.54, 1.807) is 23.9 Å². The molecule has 1 N–H and O–H groups in total. The van der Waals surface area contributed by atoms with Crippen LogP contribution in [0.5, 0.6) is 0 Å². The molecule has 32 heavy (non-hydrogen) atoms. The van der Waals surface area contributed by atoms with Crippen LogP contribution in [0.1, 0.15) is 29.5 Å². The van der Waals surface area contributed by atoms with E-state index in [2.05, 4.69) is 0 Å². The van der Waals surface area contributed by atoms with Crippen molar-refractivity contribution < 1.29 is 27.8 Å². The summed E-state index contributed by atoms with van der Waals surface area (Å²) in [5.74, 6) is 0. The lowest BCUT2D eigenvalue weighted by atomic mass is 9.73. The first-order chi connectivity index (χ1) is 15.2. The average molecular weight is 446 g/mol. The van der Waals surface area contributed by atoms with E-state index in [0.717, 1.165) is 17.7 Å². The molecule has 0 atom stereocenters. The van der Waals surface area contributed by atoms with Crippen LogP contribution in [0.25, 0.3) is 10.9 Å². The van der Waals surface area contributed by atoms with Gasteiger partial charge in [-0.3, -0.25) is 0 Å². The summed E-state index contributed by atoms with van der Waals surface area (Å²) in [6.07, 6.45) is -2.46. The molecule has 3 aromatic rings. The maximum Gasteiger partial charge on any atom is 0.416 e. The van der Waals surface area contributed by atoms with E-state index in [9.17, 15) is 23.1 Å². The molecule has 1 aliphatic heterocycles. The number of aryl methyl sites for hydroxylation is 1. The van der Waals surface area contributed by atoms with Gasteiger partial charge in [-0.05, 0) is 36.6 Å². The molecule has 5 nitrogen and oxygen atoms in total. The van der Waals surface area contributed by atoms with Crippen molar-refractivity contribution in [1.29, 1.82) is 0 Å². The van der Waals surface area contributed by atoms with Gasteiger partial charge < -0.3 is 19.3 Å². The minimum Gasteiger partial charge on any atom is -0.465 e. The van der Waals surface area contributed by atoms with Gasteiger partial charge in [-0.15, -0.1) is 0 Å². The Kier molecular flexibility index (Phi) is 5.90. The number of benzene rings is 2. The number of carbonyl (C=O) groups is 1. The second-order valence-electron chi connectivity index (χ2n) is 8.41. The fourth-order valence-corrected chi connectivity index (χ4v) is 4.61. The normalized spacial score (nSPS) is 16.4. The van der Waals surface area contributed by atoms with Crippen molar-refractivity contribution in [2.75, 3.05) is 19.7 Å². The molecule has 170 valence electrons. The molecule has 0 aliphatic carbocycles. The molecule has 2 heterocycles. The molecular weight excluding hydrogens is 421 g/mol. The second kappa shape index (κ2) is 8.50. The fraction of sp³-hybridized carbons (Fsp3) is 0.375. The molecule has 0 saturated carbocycles. The second-order valence-corrected chi connectivity index (χ2v) is 8.41. The predicted molar refractivity (Wildman–Crippen MR) is 115 cm³/mol. The summed E-state index contributed by atoms with van der Waals surface area (Å²) in [7, 11) is 1.80. The van der Waals surface area contributed by atoms with Gasteiger partial charge in [0.15, 0.2) is 0 Å². The smallest absolute Gasteiger partial charge is 0.416 e. The van der Waals surface area contributed by atoms with Crippen molar-refractivity contribution in [2.45, 2.75) is 31.0 Å². The molecule has 1 saturated heterocycles. The maximum atomic E-state index is 13.4. The van der Waals surface area contributed by atoms with Gasteiger partial charge in [0.1, 0.15) is 0 Å². The number of alkyl halides is 3. The number of piperidine rings is 1. The van der Waals surface area contributed by atoms with Crippen molar-refractivity contribution in [3.05, 3.63) is 71.4 Å². The first-order valence-corrected chi connectivity index (χ1v) is 10.5. The molecule has 0 unspecified atom stereocenters. The molecule has 1 amide bonds. The molecule has 1 aliphatic rings. The largest absolute Gasteiger partial charge is 0.465 e. The summed E-state index contributed by atoms with van der Waals surface area (Å²) < 4.78 is 48.1. The van der Waals surface area contributed by atoms with Crippen molar-refractivity contribution in [3.63, 3.8) is 0 Å². The molecule has 1 fully saturated rings. The molecule has 8 heteroatoms. The van der Waals surface area contributed by atoms with Crippen LogP contribution in [0.4, 0.5) is 18.0 Å². The van der Waals surface area contributed by atoms with Crippen LogP contribution >= 0.6 is 0 Å². The van der Waals surface area contributed by atoms with Crippen molar-refractivity contribution in [1.82, 2.24) is 9.47 Å². The number of fused-ring (bicyclic) bond motifs is 1. The Bertz CT molecular complexity index is 1100. The predicted octanol–water partition coefficient (Wildman–Crippen LogP) is 5.43. The number of hydrogen-bond donors (Lipinski definition) is 1. The van der Waals surface area contributed by atoms with Gasteiger partial charge in [-0.2, -0.15) is 13.2 Å². The summed E-state index contributed by atoms with van der Waals surface area (Å²) in [5.41, 5.74) is 1.17. The third-order valence-corrected chi connectivity index (χ3v) is 6.39. The maximum absolute atomic E-state index is 13.4. The van der Waals surface area contributed by atoms with Crippen LogP contribution < -0.4 is 0 Å². The lowest BCUT2D eigenvalue weighted by Gasteiger charge is -2.41. The Hall–Kier alpha value is -3.00. The summed E-state index contributed by atoms with van der Waals surface area (Å²) in [4.78, 5) is 12.7. The van der Waals surface area contributed by atoms with Crippen molar-refractivity contribution >= 4 is 17.0 Å². The van der Waals surface area contributed by atoms with Crippen LogP contribution in [-0.4, -0.2) is 40.4 Å². The SMILES string of the molecule is Cn1ccc2cc(C(F)(F)F)cc(COCC3(c4ccccc4)CCN(C(=O)O)CC3)c21. The van der Waals surface area contributed by atoms with Crippen molar-refractivity contribution in [3.8, 4) is 0 Å². The van der Waals surface area contributed by atoms with E-state index in [1.165, 1.54) is 4.90 Å². The van der Waals surface area contributed by atoms with Gasteiger partial charge in [-0.25, -0.2) is 4.79 Å². The van der Waals surface area contributed by atoms with Gasteiger partial charge in [0.25, 0.3) is 0 Å². The number of amides is 1. The number of ether oxygens (including phenoxy) is 1. The van der Waals surface area contributed by atoms with Gasteiger partial charge in [0.2, 0.25) is 0 Å². The Morgan fingerprint density at radius 2 is 1.81 bits per heavy atom. The Labute approximate surface area is 184 Å². The van der Waals surface area contributed by atoms with Crippen LogP contribution in [0.15, 0.2) is 54.7 Å². The molecular formula is C24H25F3N2O3. The zero-order valence-electron chi connectivity index (χ0n) is 17.7. The van der Waals surface area contributed by atoms with Gasteiger partial charge in [0.05, 0.1) is 24.3 Å². The summed E-state index contributed by atoms with van der Waals surface area (Å²) in [5, 5.41) is 9.82. The highest BCUT2D eigenvalue weighted by atomic mass is 19.4. The number of nitrogens with zero attached hydrogens (tertiary/aromatic N) is 2. The highest BCUT2D eigenvalue weighted by Crippen LogP contribution is 2.37. The first kappa shape index (κ1) is 22.2. The molecule has 0 spiro atoms. The zero-order chi connectivity index (χ0) is 22.9. The van der Waals surface area contributed by atoms with Crippen LogP contribution in [0, 0.1) is 0 Å². The minimum absolute atomic E-state index is 0.0372. The highest BCUT2D eigenvalue weighted by Gasteiger charge is 2.38. The summed E-state index contributed by atoms with van der Waals surface area (Å²) in [6.45, 7) is 1.11. The van der Waals surface area contributed by atoms with Crippen LogP contribution in [0.2, 0.25) is 0 Å². The third kappa shape index (κ3) is 4.32. The number of halogens is 3. The fourth-order valence-electron chi connectivity index (χ4n) is 4.61. The number of aromatic nitrogens is 1. The molecule has 4 rings (SSSR count). The van der Waals surface area contributed by atoms with Gasteiger partial charge in [-0.1, -0.05) is 30.3 Å². The van der Waals surface area contributed by atoms with Gasteiger partial charge in [0, 0.05) is 42.7 Å². The quantitative estimate of drug-likeness (QED) is 0.569. The van der Waals surface area contributed by atoms with E-state index >= 15 is 0 Å². The van der Waals surface area contributed by atoms with E-state index in [0.29, 0.717) is 49.0 Å². The average Bonchev–Trinajstić information content (AvgIpc) is 3.15. The standard InChI is InChI=1S/C24H25F3N2O3/c1-28-10-7-17-13-20(24(25,26)27)14-18(21(17)28)15-32-16-23(19-5-3-2-4-6-19)8-11-29(12-9-23)22(30)31/h2-7,10,13-14H,8-9,11-12,15-16H2,1H3,(H,30,31). The van der Waals surface area contributed by atoms with Crippen LogP contribution in [0.3, 0.4) is 0 Å². The van der Waals surface area contributed by atoms with Gasteiger partial charge >= 0.3 is 12.3 Å². The van der Waals surface area contributed by atoms with Crippen molar-refractivity contribution in [2.24, 2.45) is 7.05 Å². The zero-order valence-corrected chi connectivity index (χ0v) is 17.7. The number of carboxylic acid groups (broad SMARTS) is 1. The Morgan fingerprint density at radius 3 is 2.44 bits per heavy atom. The lowest BCUT2D eigenvalue weighted by Crippen LogP contribution is -2.47. The number of likely N-dealkylation sites (tertiary alicyclic amines) is 1. The summed E-state index contributed by atoms with van der Waals surface area (Å²) in [6, 6.07) is 13.8. The Balaban J connectivity index is 1.58. The summed E-state index contributed by atoms with van der Waals surface area (Å²) >= 11 is 0. The monoisotopic (exact) mass is 446 g/mol. The number of rotatable bonds is 5. The van der Waals surface area contributed by atoms with E-state index < -0.39 is 17.8 Å². The van der Waals surface area contributed by atoms with Crippen LogP contribution in [-0.2, 0) is 30.0 Å². The Morgan fingerprint density at radius 1 is 1.12 bits per heavy atom. The lowest BCUT2D eigenvalue weighted by molar-refractivity contribution is -0.137. The van der Waals surface area contributed by atoms with E-state index in [1.807, 2.05) is 30.3 Å². The van der Waals surface area contributed by atoms with E-state index in [4.69, 9.17) is 4.74 Å². The molecule has 2 aromatic carbocycles. The molecule has 0 bridgehead atoms.